The van der Waals surface area contributed by atoms with Crippen molar-refractivity contribution in [1.82, 2.24) is 10.6 Å². The van der Waals surface area contributed by atoms with Gasteiger partial charge in [-0.15, -0.1) is 0 Å². The van der Waals surface area contributed by atoms with Crippen LogP contribution in [0.15, 0.2) is 24.3 Å². The van der Waals surface area contributed by atoms with Crippen LogP contribution in [0.1, 0.15) is 18.4 Å². The number of hydrogen-bond acceptors (Lipinski definition) is 3. The lowest BCUT2D eigenvalue weighted by atomic mass is 10.2. The molecule has 0 radical (unpaired) electrons. The molecule has 1 heterocycles. The lowest BCUT2D eigenvalue weighted by Crippen LogP contribution is -2.43. The number of carbonyl (C=O) groups is 2. The van der Waals surface area contributed by atoms with E-state index in [4.69, 9.17) is 4.74 Å². The van der Waals surface area contributed by atoms with Crippen molar-refractivity contribution in [2.24, 2.45) is 0 Å². The molecule has 0 unspecified atom stereocenters. The maximum atomic E-state index is 12.1. The van der Waals surface area contributed by atoms with Gasteiger partial charge in [-0.3, -0.25) is 4.79 Å². The Kier molecular flexibility index (Phi) is 5.77. The number of nitrogens with one attached hydrogen (secondary N) is 2. The average molecular weight is 305 g/mol. The number of aryl methyl sites for hydroxylation is 1. The van der Waals surface area contributed by atoms with Gasteiger partial charge < -0.3 is 20.3 Å². The summed E-state index contributed by atoms with van der Waals surface area (Å²) < 4.78 is 4.92. The number of urea groups is 1. The predicted octanol–water partition coefficient (Wildman–Crippen LogP) is 1.44. The Morgan fingerprint density at radius 3 is 2.77 bits per heavy atom. The molecule has 0 aliphatic carbocycles. The molecule has 0 bridgehead atoms. The van der Waals surface area contributed by atoms with E-state index in [9.17, 15) is 9.59 Å². The minimum absolute atomic E-state index is 0.0357. The van der Waals surface area contributed by atoms with Crippen LogP contribution in [-0.4, -0.2) is 44.8 Å². The monoisotopic (exact) mass is 305 g/mol. The van der Waals surface area contributed by atoms with Crippen LogP contribution in [0, 0.1) is 6.92 Å². The van der Waals surface area contributed by atoms with Crippen LogP contribution in [0.3, 0.4) is 0 Å². The summed E-state index contributed by atoms with van der Waals surface area (Å²) in [6.07, 6.45) is 1.10. The third-order valence-electron chi connectivity index (χ3n) is 3.62. The number of ether oxygens (including phenoxy) is 1. The van der Waals surface area contributed by atoms with Crippen LogP contribution in [0.2, 0.25) is 0 Å². The van der Waals surface area contributed by atoms with Gasteiger partial charge in [0.25, 0.3) is 0 Å². The number of methoxy groups -OCH3 is 1. The number of carbonyl (C=O) groups excluding carboxylic acids is 2. The highest BCUT2D eigenvalue weighted by molar-refractivity contribution is 5.96. The van der Waals surface area contributed by atoms with Crippen molar-refractivity contribution >= 4 is 17.6 Å². The van der Waals surface area contributed by atoms with E-state index in [1.54, 1.807) is 12.0 Å². The van der Waals surface area contributed by atoms with Gasteiger partial charge in [0, 0.05) is 38.9 Å². The van der Waals surface area contributed by atoms with Crippen molar-refractivity contribution in [3.63, 3.8) is 0 Å². The molecule has 1 fully saturated rings. The van der Waals surface area contributed by atoms with Gasteiger partial charge in [0.05, 0.1) is 6.04 Å². The Morgan fingerprint density at radius 2 is 2.09 bits per heavy atom. The maximum Gasteiger partial charge on any atom is 0.315 e. The van der Waals surface area contributed by atoms with E-state index >= 15 is 0 Å². The Balaban J connectivity index is 1.82. The summed E-state index contributed by atoms with van der Waals surface area (Å²) in [6, 6.07) is 7.43. The zero-order valence-corrected chi connectivity index (χ0v) is 13.1. The van der Waals surface area contributed by atoms with E-state index in [-0.39, 0.29) is 18.0 Å². The van der Waals surface area contributed by atoms with Crippen molar-refractivity contribution in [2.75, 3.05) is 31.7 Å². The van der Waals surface area contributed by atoms with Crippen molar-refractivity contribution in [2.45, 2.75) is 25.8 Å². The minimum atomic E-state index is -0.236. The summed E-state index contributed by atoms with van der Waals surface area (Å²) in [5, 5.41) is 5.61. The van der Waals surface area contributed by atoms with Crippen LogP contribution >= 0.6 is 0 Å². The number of hydrogen-bond donors (Lipinski definition) is 2. The van der Waals surface area contributed by atoms with Crippen molar-refractivity contribution in [3.8, 4) is 0 Å². The maximum absolute atomic E-state index is 12.1. The smallest absolute Gasteiger partial charge is 0.315 e. The largest absolute Gasteiger partial charge is 0.385 e. The summed E-state index contributed by atoms with van der Waals surface area (Å²) in [5.41, 5.74) is 2.03. The van der Waals surface area contributed by atoms with Gasteiger partial charge in [-0.2, -0.15) is 0 Å². The molecule has 1 aromatic rings. The first-order valence-electron chi connectivity index (χ1n) is 7.50. The van der Waals surface area contributed by atoms with E-state index in [2.05, 4.69) is 10.6 Å². The third kappa shape index (κ3) is 4.46. The number of nitrogens with zero attached hydrogens (tertiary/aromatic N) is 1. The predicted molar refractivity (Wildman–Crippen MR) is 85.0 cm³/mol. The van der Waals surface area contributed by atoms with Crippen molar-refractivity contribution in [3.05, 3.63) is 29.8 Å². The molecule has 0 aromatic heterocycles. The number of anilines is 1. The zero-order valence-electron chi connectivity index (χ0n) is 13.1. The van der Waals surface area contributed by atoms with Gasteiger partial charge in [-0.05, 0) is 25.5 Å². The second kappa shape index (κ2) is 7.79. The van der Waals surface area contributed by atoms with Gasteiger partial charge in [0.15, 0.2) is 0 Å². The second-order valence-electron chi connectivity index (χ2n) is 5.49. The average Bonchev–Trinajstić information content (AvgIpc) is 2.85. The standard InChI is InChI=1S/C16H23N3O3/c1-12-4-6-14(7-5-12)19-11-13(10-15(19)20)18-16(21)17-8-3-9-22-2/h4-7,13H,3,8-11H2,1-2H3,(H2,17,18,21)/t13-/m1/s1. The van der Waals surface area contributed by atoms with Crippen LogP contribution in [0.25, 0.3) is 0 Å². The van der Waals surface area contributed by atoms with Crippen molar-refractivity contribution in [1.29, 1.82) is 0 Å². The highest BCUT2D eigenvalue weighted by atomic mass is 16.5. The van der Waals surface area contributed by atoms with Gasteiger partial charge in [-0.25, -0.2) is 4.79 Å². The second-order valence-corrected chi connectivity index (χ2v) is 5.49. The fourth-order valence-corrected chi connectivity index (χ4v) is 2.43. The van der Waals surface area contributed by atoms with Gasteiger partial charge in [0.1, 0.15) is 0 Å². The molecule has 3 amide bonds. The van der Waals surface area contributed by atoms with Gasteiger partial charge >= 0.3 is 6.03 Å². The van der Waals surface area contributed by atoms with Crippen LogP contribution in [0.4, 0.5) is 10.5 Å². The Bertz CT molecular complexity index is 516. The van der Waals surface area contributed by atoms with E-state index in [0.29, 0.717) is 26.1 Å². The Morgan fingerprint density at radius 1 is 1.36 bits per heavy atom. The molecule has 120 valence electrons. The zero-order chi connectivity index (χ0) is 15.9. The first-order chi connectivity index (χ1) is 10.6. The molecule has 0 spiro atoms. The molecular formula is C16H23N3O3. The van der Waals surface area contributed by atoms with Crippen LogP contribution in [-0.2, 0) is 9.53 Å². The first kappa shape index (κ1) is 16.3. The number of rotatable bonds is 6. The number of benzene rings is 1. The quantitative estimate of drug-likeness (QED) is 0.781. The lowest BCUT2D eigenvalue weighted by Gasteiger charge is -2.17. The molecule has 22 heavy (non-hydrogen) atoms. The third-order valence-corrected chi connectivity index (χ3v) is 3.62. The molecule has 6 nitrogen and oxygen atoms in total. The number of amides is 3. The summed E-state index contributed by atoms with van der Waals surface area (Å²) in [5.74, 6) is 0.0357. The molecular weight excluding hydrogens is 282 g/mol. The summed E-state index contributed by atoms with van der Waals surface area (Å²) >= 11 is 0. The fraction of sp³-hybridized carbons (Fsp3) is 0.500. The molecule has 0 saturated carbocycles. The summed E-state index contributed by atoms with van der Waals surface area (Å²) in [7, 11) is 1.63. The highest BCUT2D eigenvalue weighted by Gasteiger charge is 2.31. The normalized spacial score (nSPS) is 17.6. The van der Waals surface area contributed by atoms with E-state index in [1.807, 2.05) is 31.2 Å². The highest BCUT2D eigenvalue weighted by Crippen LogP contribution is 2.21. The molecule has 1 aromatic carbocycles. The van der Waals surface area contributed by atoms with Crippen LogP contribution < -0.4 is 15.5 Å². The molecule has 1 aliphatic rings. The summed E-state index contributed by atoms with van der Waals surface area (Å²) in [6.45, 7) is 3.69. The molecule has 1 aliphatic heterocycles. The summed E-state index contributed by atoms with van der Waals surface area (Å²) in [4.78, 5) is 25.6. The van der Waals surface area contributed by atoms with Crippen molar-refractivity contribution < 1.29 is 14.3 Å². The molecule has 2 rings (SSSR count). The van der Waals surface area contributed by atoms with Gasteiger partial charge in [-0.1, -0.05) is 17.7 Å². The SMILES string of the molecule is COCCCNC(=O)N[C@@H]1CC(=O)N(c2ccc(C)cc2)C1. The lowest BCUT2D eigenvalue weighted by molar-refractivity contribution is -0.117. The topological polar surface area (TPSA) is 70.7 Å². The van der Waals surface area contributed by atoms with E-state index in [1.165, 1.54) is 0 Å². The minimum Gasteiger partial charge on any atom is -0.385 e. The fourth-order valence-electron chi connectivity index (χ4n) is 2.43. The Hall–Kier alpha value is -2.08. The molecule has 2 N–H and O–H groups in total. The molecule has 1 saturated heterocycles. The first-order valence-corrected chi connectivity index (χ1v) is 7.50. The molecule has 1 atom stereocenters. The van der Waals surface area contributed by atoms with E-state index < -0.39 is 0 Å². The Labute approximate surface area is 130 Å². The van der Waals surface area contributed by atoms with Crippen LogP contribution in [0.5, 0.6) is 0 Å². The van der Waals surface area contributed by atoms with Gasteiger partial charge in [0.2, 0.25) is 5.91 Å². The van der Waals surface area contributed by atoms with E-state index in [0.717, 1.165) is 17.7 Å². The molecule has 6 heteroatoms.